The van der Waals surface area contributed by atoms with E-state index in [4.69, 9.17) is 11.6 Å². The lowest BCUT2D eigenvalue weighted by molar-refractivity contribution is 0.0954. The minimum absolute atomic E-state index is 0.215. The van der Waals surface area contributed by atoms with Crippen LogP contribution < -0.4 is 5.32 Å². The number of amides is 1. The summed E-state index contributed by atoms with van der Waals surface area (Å²) in [7, 11) is 0. The van der Waals surface area contributed by atoms with Gasteiger partial charge in [0, 0.05) is 22.6 Å². The van der Waals surface area contributed by atoms with Crippen molar-refractivity contribution >= 4 is 50.0 Å². The van der Waals surface area contributed by atoms with Crippen LogP contribution in [0, 0.1) is 19.7 Å². The minimum atomic E-state index is -0.262. The zero-order valence-corrected chi connectivity index (χ0v) is 16.4. The molecule has 4 nitrogen and oxygen atoms in total. The van der Waals surface area contributed by atoms with Gasteiger partial charge in [0.2, 0.25) is 0 Å². The van der Waals surface area contributed by atoms with Gasteiger partial charge in [-0.05, 0) is 55.7 Å². The maximum atomic E-state index is 14.0. The predicted octanol–water partition coefficient (Wildman–Crippen LogP) is 5.16. The molecule has 2 heterocycles. The number of aromatic nitrogens is 2. The van der Waals surface area contributed by atoms with E-state index in [-0.39, 0.29) is 11.7 Å². The first-order valence-electron chi connectivity index (χ1n) is 8.54. The third-order valence-electron chi connectivity index (χ3n) is 4.64. The van der Waals surface area contributed by atoms with E-state index in [0.29, 0.717) is 28.5 Å². The normalized spacial score (nSPS) is 11.4. The summed E-state index contributed by atoms with van der Waals surface area (Å²) in [5, 5.41) is 4.83. The molecule has 0 saturated heterocycles. The van der Waals surface area contributed by atoms with Crippen LogP contribution in [0.3, 0.4) is 0 Å². The number of fused-ring (bicyclic) bond motifs is 2. The second kappa shape index (κ2) is 6.94. The maximum absolute atomic E-state index is 14.0. The summed E-state index contributed by atoms with van der Waals surface area (Å²) in [6, 6.07) is 8.61. The maximum Gasteiger partial charge on any atom is 0.280 e. The zero-order chi connectivity index (χ0) is 19.1. The first kappa shape index (κ1) is 17.9. The van der Waals surface area contributed by atoms with Crippen LogP contribution in [-0.4, -0.2) is 22.4 Å². The lowest BCUT2D eigenvalue weighted by atomic mass is 10.0. The molecule has 0 bridgehead atoms. The Morgan fingerprint density at radius 3 is 2.93 bits per heavy atom. The smallest absolute Gasteiger partial charge is 0.280 e. The molecule has 2 aromatic heterocycles. The van der Waals surface area contributed by atoms with Crippen LogP contribution in [0.1, 0.15) is 26.6 Å². The number of nitrogens with zero attached hydrogens (tertiary/aromatic N) is 1. The quantitative estimate of drug-likeness (QED) is 0.496. The summed E-state index contributed by atoms with van der Waals surface area (Å²) in [6.45, 7) is 4.33. The number of thiazole rings is 1. The molecular weight excluding hydrogens is 385 g/mol. The first-order chi connectivity index (χ1) is 12.9. The molecular formula is C20H17ClFN3OS. The van der Waals surface area contributed by atoms with Gasteiger partial charge in [-0.2, -0.15) is 0 Å². The molecule has 0 saturated carbocycles. The summed E-state index contributed by atoms with van der Waals surface area (Å²) >= 11 is 7.30. The van der Waals surface area contributed by atoms with Crippen LogP contribution in [0.2, 0.25) is 5.02 Å². The Bertz CT molecular complexity index is 1180. The van der Waals surface area contributed by atoms with E-state index in [9.17, 15) is 9.18 Å². The Labute approximate surface area is 164 Å². The third kappa shape index (κ3) is 3.31. The van der Waals surface area contributed by atoms with Gasteiger partial charge in [0.05, 0.1) is 15.7 Å². The number of aromatic amines is 1. The minimum Gasteiger partial charge on any atom is -0.356 e. The Morgan fingerprint density at radius 2 is 2.11 bits per heavy atom. The second-order valence-corrected chi connectivity index (χ2v) is 7.95. The Balaban J connectivity index is 1.51. The fourth-order valence-corrected chi connectivity index (χ4v) is 4.49. The van der Waals surface area contributed by atoms with Gasteiger partial charge in [-0.25, -0.2) is 9.37 Å². The molecule has 0 unspecified atom stereocenters. The standard InChI is InChI=1S/C20H17ClFN3OS/c1-10-3-5-14(22)18-17(10)13(11(2)24-18)7-8-23-19(26)20-25-15-6-4-12(21)9-16(15)27-20/h3-6,9,24H,7-8H2,1-2H3,(H,23,26). The summed E-state index contributed by atoms with van der Waals surface area (Å²) in [5.74, 6) is -0.477. The second-order valence-electron chi connectivity index (χ2n) is 6.48. The van der Waals surface area contributed by atoms with Crippen LogP contribution in [-0.2, 0) is 6.42 Å². The van der Waals surface area contributed by atoms with Gasteiger partial charge in [0.1, 0.15) is 5.82 Å². The van der Waals surface area contributed by atoms with E-state index in [1.165, 1.54) is 17.4 Å². The summed E-state index contributed by atoms with van der Waals surface area (Å²) in [4.78, 5) is 19.9. The molecule has 138 valence electrons. The molecule has 2 N–H and O–H groups in total. The number of carbonyl (C=O) groups is 1. The molecule has 1 amide bonds. The average Bonchev–Trinajstić information content (AvgIpc) is 3.20. The average molecular weight is 402 g/mol. The van der Waals surface area contributed by atoms with Crippen molar-refractivity contribution in [1.82, 2.24) is 15.3 Å². The van der Waals surface area contributed by atoms with Gasteiger partial charge in [-0.3, -0.25) is 4.79 Å². The van der Waals surface area contributed by atoms with Crippen LogP contribution in [0.4, 0.5) is 4.39 Å². The summed E-state index contributed by atoms with van der Waals surface area (Å²) in [5.41, 5.74) is 4.24. The molecule has 4 aromatic rings. The largest absolute Gasteiger partial charge is 0.356 e. The first-order valence-corrected chi connectivity index (χ1v) is 9.74. The molecule has 0 radical (unpaired) electrons. The van der Waals surface area contributed by atoms with Crippen molar-refractivity contribution in [2.45, 2.75) is 20.3 Å². The predicted molar refractivity (Wildman–Crippen MR) is 108 cm³/mol. The lowest BCUT2D eigenvalue weighted by Crippen LogP contribution is -2.25. The van der Waals surface area contributed by atoms with Gasteiger partial charge < -0.3 is 10.3 Å². The topological polar surface area (TPSA) is 57.8 Å². The number of carbonyl (C=O) groups excluding carboxylic acids is 1. The van der Waals surface area contributed by atoms with Crippen molar-refractivity contribution in [3.8, 4) is 0 Å². The molecule has 7 heteroatoms. The number of H-pyrrole nitrogens is 1. The molecule has 4 rings (SSSR count). The number of hydrogen-bond acceptors (Lipinski definition) is 3. The van der Waals surface area contributed by atoms with Gasteiger partial charge in [0.15, 0.2) is 5.01 Å². The third-order valence-corrected chi connectivity index (χ3v) is 5.89. The van der Waals surface area contributed by atoms with Crippen LogP contribution >= 0.6 is 22.9 Å². The van der Waals surface area contributed by atoms with Crippen LogP contribution in [0.15, 0.2) is 30.3 Å². The number of benzene rings is 2. The van der Waals surface area contributed by atoms with Crippen molar-refractivity contribution in [2.24, 2.45) is 0 Å². The van der Waals surface area contributed by atoms with Crippen molar-refractivity contribution in [3.63, 3.8) is 0 Å². The number of rotatable bonds is 4. The molecule has 0 aliphatic rings. The van der Waals surface area contributed by atoms with Crippen molar-refractivity contribution in [2.75, 3.05) is 6.54 Å². The van der Waals surface area contributed by atoms with Crippen LogP contribution in [0.25, 0.3) is 21.1 Å². The van der Waals surface area contributed by atoms with Gasteiger partial charge >= 0.3 is 0 Å². The van der Waals surface area contributed by atoms with Gasteiger partial charge in [-0.1, -0.05) is 17.7 Å². The number of nitrogens with one attached hydrogen (secondary N) is 2. The number of hydrogen-bond donors (Lipinski definition) is 2. The van der Waals surface area contributed by atoms with E-state index in [1.807, 2.05) is 13.8 Å². The molecule has 0 spiro atoms. The van der Waals surface area contributed by atoms with Crippen molar-refractivity contribution in [3.05, 3.63) is 63.0 Å². The van der Waals surface area contributed by atoms with E-state index < -0.39 is 0 Å². The van der Waals surface area contributed by atoms with E-state index in [2.05, 4.69) is 15.3 Å². The lowest BCUT2D eigenvalue weighted by Gasteiger charge is -2.05. The highest BCUT2D eigenvalue weighted by Crippen LogP contribution is 2.28. The number of aryl methyl sites for hydroxylation is 2. The molecule has 0 aliphatic heterocycles. The molecule has 2 aromatic carbocycles. The highest BCUT2D eigenvalue weighted by Gasteiger charge is 2.16. The SMILES string of the molecule is Cc1[nH]c2c(F)ccc(C)c2c1CCNC(=O)c1nc2ccc(Cl)cc2s1. The Morgan fingerprint density at radius 1 is 1.30 bits per heavy atom. The molecule has 27 heavy (non-hydrogen) atoms. The van der Waals surface area contributed by atoms with E-state index in [1.54, 1.807) is 24.3 Å². The van der Waals surface area contributed by atoms with Gasteiger partial charge in [-0.15, -0.1) is 11.3 Å². The highest BCUT2D eigenvalue weighted by molar-refractivity contribution is 7.20. The molecule has 0 fully saturated rings. The van der Waals surface area contributed by atoms with E-state index >= 15 is 0 Å². The fourth-order valence-electron chi connectivity index (χ4n) is 3.33. The zero-order valence-electron chi connectivity index (χ0n) is 14.8. The highest BCUT2D eigenvalue weighted by atomic mass is 35.5. The van der Waals surface area contributed by atoms with E-state index in [0.717, 1.165) is 32.4 Å². The van der Waals surface area contributed by atoms with Crippen molar-refractivity contribution in [1.29, 1.82) is 0 Å². The van der Waals surface area contributed by atoms with Gasteiger partial charge in [0.25, 0.3) is 5.91 Å². The fraction of sp³-hybridized carbons (Fsp3) is 0.200. The van der Waals surface area contributed by atoms with Crippen LogP contribution in [0.5, 0.6) is 0 Å². The molecule has 0 atom stereocenters. The number of halogens is 2. The summed E-state index contributed by atoms with van der Waals surface area (Å²) in [6.07, 6.45) is 0.610. The molecule has 0 aliphatic carbocycles. The monoisotopic (exact) mass is 401 g/mol. The Kier molecular flexibility index (Phi) is 4.61. The summed E-state index contributed by atoms with van der Waals surface area (Å²) < 4.78 is 14.9. The Hall–Kier alpha value is -2.44. The van der Waals surface area contributed by atoms with Crippen molar-refractivity contribution < 1.29 is 9.18 Å².